The number of fused-ring (bicyclic) bond motifs is 3. The van der Waals surface area contributed by atoms with Crippen molar-refractivity contribution in [2.75, 3.05) is 6.56 Å². The Kier molecular flexibility index (Phi) is 5.48. The second kappa shape index (κ2) is 8.89. The lowest BCUT2D eigenvalue weighted by Crippen LogP contribution is -2.53. The lowest BCUT2D eigenvalue weighted by atomic mass is 9.79. The average Bonchev–Trinajstić information content (AvgIpc) is 3.06. The van der Waals surface area contributed by atoms with E-state index < -0.39 is 29.7 Å². The van der Waals surface area contributed by atoms with Gasteiger partial charge in [-0.2, -0.15) is 0 Å². The molecular formula is C28H31NO3. The van der Waals surface area contributed by atoms with E-state index >= 15 is 0 Å². The van der Waals surface area contributed by atoms with Gasteiger partial charge in [-0.25, -0.2) is 0 Å². The zero-order valence-corrected chi connectivity index (χ0v) is 18.8. The summed E-state index contributed by atoms with van der Waals surface area (Å²) in [5.41, 5.74) is 3.60. The first-order valence-corrected chi connectivity index (χ1v) is 11.0. The summed E-state index contributed by atoms with van der Waals surface area (Å²) in [6, 6.07) is 25.4. The van der Waals surface area contributed by atoms with Crippen LogP contribution in [0.3, 0.4) is 0 Å². The predicted molar refractivity (Wildman–Crippen MR) is 127 cm³/mol. The molecular weight excluding hydrogens is 398 g/mol. The molecule has 2 N–H and O–H groups in total. The lowest BCUT2D eigenvalue weighted by molar-refractivity contribution is -0.158. The van der Waals surface area contributed by atoms with E-state index in [9.17, 15) is 9.90 Å². The van der Waals surface area contributed by atoms with Crippen LogP contribution in [0.25, 0.3) is 11.1 Å². The van der Waals surface area contributed by atoms with Gasteiger partial charge >= 0.3 is 5.97 Å². The number of aliphatic hydroxyl groups is 1. The van der Waals surface area contributed by atoms with Crippen LogP contribution < -0.4 is 5.32 Å². The maximum atomic E-state index is 13.4. The Bertz CT molecular complexity index is 1120. The molecule has 0 saturated heterocycles. The Labute approximate surface area is 193 Å². The van der Waals surface area contributed by atoms with Crippen LogP contribution in [0.4, 0.5) is 0 Å². The summed E-state index contributed by atoms with van der Waals surface area (Å²) in [7, 11) is 0. The van der Waals surface area contributed by atoms with Crippen LogP contribution in [0.5, 0.6) is 0 Å². The number of hydrogen-bond acceptors (Lipinski definition) is 4. The first kappa shape index (κ1) is 19.7. The minimum absolute atomic E-state index is 0.0668. The van der Waals surface area contributed by atoms with Crippen LogP contribution in [0.1, 0.15) is 53.0 Å². The SMILES string of the molecule is [2H]C([2H])(O)CC[C@H](NC1(c2ccccc2)c2ccccc2-c2ccccc21)C(=O)OC(C)(C)C. The zero-order valence-electron chi connectivity index (χ0n) is 20.8. The molecule has 0 heterocycles. The van der Waals surface area contributed by atoms with Crippen LogP contribution in [0.15, 0.2) is 78.9 Å². The summed E-state index contributed by atoms with van der Waals surface area (Å²) in [5.74, 6) is -0.478. The Morgan fingerprint density at radius 3 is 2.03 bits per heavy atom. The molecule has 0 spiro atoms. The van der Waals surface area contributed by atoms with Crippen molar-refractivity contribution in [3.05, 3.63) is 95.6 Å². The van der Waals surface area contributed by atoms with Gasteiger partial charge < -0.3 is 9.84 Å². The first-order chi connectivity index (χ1) is 16.0. The van der Waals surface area contributed by atoms with Crippen LogP contribution in [-0.4, -0.2) is 29.3 Å². The normalized spacial score (nSPS) is 16.4. The fourth-order valence-electron chi connectivity index (χ4n) is 4.57. The topological polar surface area (TPSA) is 58.6 Å². The molecule has 4 nitrogen and oxygen atoms in total. The molecule has 0 unspecified atom stereocenters. The van der Waals surface area contributed by atoms with Gasteiger partial charge in [0.1, 0.15) is 11.6 Å². The van der Waals surface area contributed by atoms with Crippen molar-refractivity contribution >= 4 is 5.97 Å². The summed E-state index contributed by atoms with van der Waals surface area (Å²) in [6.07, 6.45) is -0.143. The fourth-order valence-corrected chi connectivity index (χ4v) is 4.57. The van der Waals surface area contributed by atoms with Crippen molar-refractivity contribution in [2.24, 2.45) is 0 Å². The molecule has 0 aliphatic heterocycles. The Balaban J connectivity index is 1.89. The predicted octanol–water partition coefficient (Wildman–Crippen LogP) is 5.03. The molecule has 1 aliphatic rings. The Hall–Kier alpha value is -2.95. The maximum absolute atomic E-state index is 13.4. The van der Waals surface area contributed by atoms with E-state index in [1.807, 2.05) is 54.6 Å². The first-order valence-electron chi connectivity index (χ1n) is 12.0. The highest BCUT2D eigenvalue weighted by atomic mass is 16.6. The molecule has 0 saturated carbocycles. The molecule has 1 atom stereocenters. The molecule has 4 rings (SSSR count). The summed E-state index contributed by atoms with van der Waals surface area (Å²) in [5, 5.41) is 13.4. The van der Waals surface area contributed by atoms with Gasteiger partial charge in [0.05, 0.1) is 8.28 Å². The third-order valence-electron chi connectivity index (χ3n) is 5.79. The number of carbonyl (C=O) groups is 1. The van der Waals surface area contributed by atoms with E-state index in [0.717, 1.165) is 27.8 Å². The van der Waals surface area contributed by atoms with E-state index in [4.69, 9.17) is 7.48 Å². The van der Waals surface area contributed by atoms with Crippen molar-refractivity contribution < 1.29 is 17.4 Å². The average molecular weight is 432 g/mol. The van der Waals surface area contributed by atoms with E-state index in [0.29, 0.717) is 0 Å². The van der Waals surface area contributed by atoms with Crippen molar-refractivity contribution in [3.8, 4) is 11.1 Å². The molecule has 3 aromatic carbocycles. The van der Waals surface area contributed by atoms with E-state index in [2.05, 4.69) is 29.6 Å². The summed E-state index contributed by atoms with van der Waals surface area (Å²) in [6.45, 7) is 3.02. The van der Waals surface area contributed by atoms with Crippen LogP contribution in [0.2, 0.25) is 0 Å². The maximum Gasteiger partial charge on any atom is 0.323 e. The smallest absolute Gasteiger partial charge is 0.323 e. The number of ether oxygens (including phenoxy) is 1. The molecule has 0 amide bonds. The number of esters is 1. The summed E-state index contributed by atoms with van der Waals surface area (Å²) >= 11 is 0. The van der Waals surface area contributed by atoms with Gasteiger partial charge in [0, 0.05) is 6.56 Å². The standard InChI is InChI=1S/C28H31NO3/c1-27(2,3)32-26(31)25(18-11-19-30)29-28(20-12-5-4-6-13-20)23-16-9-7-14-21(23)22-15-8-10-17-24(22)28/h4-10,12-17,25,29-30H,11,18-19H2,1-3H3/t25-/m0/s1/i19D2. The molecule has 32 heavy (non-hydrogen) atoms. The quantitative estimate of drug-likeness (QED) is 0.515. The van der Waals surface area contributed by atoms with Crippen LogP contribution in [-0.2, 0) is 15.1 Å². The molecule has 0 aromatic heterocycles. The largest absolute Gasteiger partial charge is 0.459 e. The lowest BCUT2D eigenvalue weighted by Gasteiger charge is -2.38. The highest BCUT2D eigenvalue weighted by molar-refractivity contribution is 5.84. The third kappa shape index (κ3) is 4.08. The van der Waals surface area contributed by atoms with Crippen LogP contribution >= 0.6 is 0 Å². The van der Waals surface area contributed by atoms with Gasteiger partial charge in [-0.1, -0.05) is 78.9 Å². The highest BCUT2D eigenvalue weighted by Gasteiger charge is 2.46. The summed E-state index contributed by atoms with van der Waals surface area (Å²) in [4.78, 5) is 13.4. The number of benzene rings is 3. The molecule has 0 fully saturated rings. The van der Waals surface area contributed by atoms with Crippen molar-refractivity contribution in [3.63, 3.8) is 0 Å². The fraction of sp³-hybridized carbons (Fsp3) is 0.321. The summed E-state index contributed by atoms with van der Waals surface area (Å²) < 4.78 is 21.0. The minimum Gasteiger partial charge on any atom is -0.459 e. The Morgan fingerprint density at radius 1 is 0.969 bits per heavy atom. The number of rotatable bonds is 7. The van der Waals surface area contributed by atoms with Gasteiger partial charge in [-0.15, -0.1) is 0 Å². The van der Waals surface area contributed by atoms with E-state index in [1.165, 1.54) is 0 Å². The van der Waals surface area contributed by atoms with E-state index in [1.54, 1.807) is 20.8 Å². The zero-order chi connectivity index (χ0) is 24.6. The molecule has 4 heteroatoms. The number of carbonyl (C=O) groups excluding carboxylic acids is 1. The highest BCUT2D eigenvalue weighted by Crippen LogP contribution is 2.51. The van der Waals surface area contributed by atoms with Gasteiger partial charge in [-0.3, -0.25) is 10.1 Å². The molecule has 0 bridgehead atoms. The van der Waals surface area contributed by atoms with Crippen molar-refractivity contribution in [2.45, 2.75) is 50.8 Å². The molecule has 3 aromatic rings. The third-order valence-corrected chi connectivity index (χ3v) is 5.79. The van der Waals surface area contributed by atoms with Gasteiger partial charge in [-0.05, 0) is 61.4 Å². The monoisotopic (exact) mass is 431 g/mol. The second-order valence-electron chi connectivity index (χ2n) is 9.13. The van der Waals surface area contributed by atoms with E-state index in [-0.39, 0.29) is 12.8 Å². The second-order valence-corrected chi connectivity index (χ2v) is 9.13. The van der Waals surface area contributed by atoms with Crippen LogP contribution in [0, 0.1) is 0 Å². The molecule has 1 aliphatic carbocycles. The van der Waals surface area contributed by atoms with Gasteiger partial charge in [0.2, 0.25) is 0 Å². The minimum atomic E-state index is -2.40. The van der Waals surface area contributed by atoms with Gasteiger partial charge in [0.15, 0.2) is 0 Å². The van der Waals surface area contributed by atoms with Crippen molar-refractivity contribution in [1.82, 2.24) is 5.32 Å². The van der Waals surface area contributed by atoms with Gasteiger partial charge in [0.25, 0.3) is 0 Å². The molecule has 166 valence electrons. The number of hydrogen-bond donors (Lipinski definition) is 2. The van der Waals surface area contributed by atoms with Crippen molar-refractivity contribution in [1.29, 1.82) is 0 Å². The molecule has 0 radical (unpaired) electrons. The number of nitrogens with one attached hydrogen (secondary N) is 1. The Morgan fingerprint density at radius 2 is 1.50 bits per heavy atom.